The van der Waals surface area contributed by atoms with E-state index in [0.717, 1.165) is 22.8 Å². The van der Waals surface area contributed by atoms with Crippen LogP contribution in [-0.4, -0.2) is 19.6 Å². The molecule has 2 aromatic carbocycles. The van der Waals surface area contributed by atoms with E-state index in [1.54, 1.807) is 0 Å². The average molecular weight is 620 g/mol. The predicted octanol–water partition coefficient (Wildman–Crippen LogP) is 6.21. The predicted molar refractivity (Wildman–Crippen MR) is 130 cm³/mol. The van der Waals surface area contributed by atoms with Crippen LogP contribution >= 0.6 is 0 Å². The summed E-state index contributed by atoms with van der Waals surface area (Å²) in [6.45, 7) is 15.6. The largest absolute Gasteiger partial charge is 2.00 e. The molecule has 33 heavy (non-hydrogen) atoms. The van der Waals surface area contributed by atoms with Crippen LogP contribution in [0.5, 0.6) is 0 Å². The number of para-hydroxylation sites is 1. The first-order chi connectivity index (χ1) is 15.0. The Labute approximate surface area is 212 Å². The van der Waals surface area contributed by atoms with Gasteiger partial charge < -0.3 is 0 Å². The smallest absolute Gasteiger partial charge is 0.265 e. The van der Waals surface area contributed by atoms with Crippen LogP contribution < -0.4 is 0 Å². The van der Waals surface area contributed by atoms with Gasteiger partial charge in [0.25, 0.3) is 0 Å². The minimum Gasteiger partial charge on any atom is -0.265 e. The standard InChI is InChI=1S/C28H32N4.Pt/c1-26(2,3)21-12-11-15-23(20-21)32-19-17-25(30-32)28(6,7)27(4,5)24-16-18-31(29-24)22-13-9-8-10-14-22;/h8-13,16-20H,1-7H3;/q-2;+2. The van der Waals surface area contributed by atoms with Crippen molar-refractivity contribution in [1.29, 1.82) is 0 Å². The molecule has 2 aromatic heterocycles. The van der Waals surface area contributed by atoms with Crippen LogP contribution in [0.15, 0.2) is 67.0 Å². The molecule has 0 bridgehead atoms. The van der Waals surface area contributed by atoms with Crippen molar-refractivity contribution in [2.75, 3.05) is 0 Å². The van der Waals surface area contributed by atoms with Gasteiger partial charge in [-0.25, -0.2) is 0 Å². The van der Waals surface area contributed by atoms with E-state index in [0.29, 0.717) is 0 Å². The Bertz CT molecular complexity index is 1210. The summed E-state index contributed by atoms with van der Waals surface area (Å²) in [5.74, 6) is 0. The zero-order valence-corrected chi connectivity index (χ0v) is 22.7. The van der Waals surface area contributed by atoms with E-state index >= 15 is 0 Å². The number of nitrogens with zero attached hydrogens (tertiary/aromatic N) is 4. The van der Waals surface area contributed by atoms with E-state index in [-0.39, 0.29) is 37.3 Å². The van der Waals surface area contributed by atoms with E-state index < -0.39 is 0 Å². The van der Waals surface area contributed by atoms with Crippen molar-refractivity contribution in [2.45, 2.75) is 64.7 Å². The molecule has 0 aliphatic heterocycles. The van der Waals surface area contributed by atoms with Crippen LogP contribution in [0.25, 0.3) is 11.4 Å². The average Bonchev–Trinajstić information content (AvgIpc) is 3.44. The molecule has 2 heterocycles. The Morgan fingerprint density at radius 3 is 1.73 bits per heavy atom. The summed E-state index contributed by atoms with van der Waals surface area (Å²) in [5, 5.41) is 9.87. The Morgan fingerprint density at radius 2 is 1.21 bits per heavy atom. The van der Waals surface area contributed by atoms with E-state index in [4.69, 9.17) is 10.2 Å². The van der Waals surface area contributed by atoms with E-state index in [1.807, 2.05) is 52.1 Å². The molecule has 0 saturated heterocycles. The quantitative estimate of drug-likeness (QED) is 0.249. The molecular weight excluding hydrogens is 587 g/mol. The first kappa shape index (κ1) is 25.2. The SMILES string of the molecule is CC(C)(C)c1cc[c-]c(-n2ccc(C(C)(C)C(C)(C)c3ccn(-c4[c-]cccc4)n3)n2)c1.[Pt+2]. The molecular formula is C28H32N4Pt. The first-order valence-corrected chi connectivity index (χ1v) is 11.1. The van der Waals surface area contributed by atoms with Crippen molar-refractivity contribution < 1.29 is 21.1 Å². The third-order valence-electron chi connectivity index (χ3n) is 6.86. The molecule has 0 aliphatic carbocycles. The van der Waals surface area contributed by atoms with Gasteiger partial charge in [-0.3, -0.25) is 9.36 Å². The molecule has 0 spiro atoms. The normalized spacial score (nSPS) is 12.5. The van der Waals surface area contributed by atoms with Gasteiger partial charge in [0, 0.05) is 23.2 Å². The van der Waals surface area contributed by atoms with Gasteiger partial charge in [-0.15, -0.1) is 12.1 Å². The van der Waals surface area contributed by atoms with Crippen molar-refractivity contribution in [2.24, 2.45) is 0 Å². The maximum absolute atomic E-state index is 4.98. The molecule has 0 saturated carbocycles. The van der Waals surface area contributed by atoms with Crippen molar-refractivity contribution in [3.05, 3.63) is 96.1 Å². The number of rotatable bonds is 5. The van der Waals surface area contributed by atoms with Gasteiger partial charge in [-0.05, 0) is 28.9 Å². The maximum atomic E-state index is 4.98. The van der Waals surface area contributed by atoms with E-state index in [2.05, 4.69) is 84.9 Å². The molecule has 0 amide bonds. The molecule has 0 aliphatic rings. The van der Waals surface area contributed by atoms with Crippen LogP contribution in [0.2, 0.25) is 0 Å². The van der Waals surface area contributed by atoms with Gasteiger partial charge in [0.15, 0.2) is 0 Å². The summed E-state index contributed by atoms with van der Waals surface area (Å²) >= 11 is 0. The summed E-state index contributed by atoms with van der Waals surface area (Å²) in [6, 6.07) is 25.0. The zero-order chi connectivity index (χ0) is 23.1. The van der Waals surface area contributed by atoms with Gasteiger partial charge in [-0.1, -0.05) is 48.5 Å². The molecule has 4 rings (SSSR count). The van der Waals surface area contributed by atoms with Crippen LogP contribution in [0.3, 0.4) is 0 Å². The Kier molecular flexibility index (Phi) is 6.91. The minimum atomic E-state index is -0.251. The number of hydrogen-bond donors (Lipinski definition) is 0. The van der Waals surface area contributed by atoms with Crippen molar-refractivity contribution >= 4 is 0 Å². The minimum absolute atomic E-state index is 0. The molecule has 5 heteroatoms. The van der Waals surface area contributed by atoms with Crippen molar-refractivity contribution in [3.63, 3.8) is 0 Å². The van der Waals surface area contributed by atoms with E-state index in [1.165, 1.54) is 5.56 Å². The number of hydrogen-bond acceptors (Lipinski definition) is 2. The van der Waals surface area contributed by atoms with Gasteiger partial charge in [0.2, 0.25) is 0 Å². The third kappa shape index (κ3) is 4.77. The van der Waals surface area contributed by atoms with Crippen LogP contribution in [0.1, 0.15) is 65.4 Å². The second-order valence-electron chi connectivity index (χ2n) is 10.5. The molecule has 4 aromatic rings. The van der Waals surface area contributed by atoms with Gasteiger partial charge in [0.05, 0.1) is 11.4 Å². The number of aromatic nitrogens is 4. The van der Waals surface area contributed by atoms with Crippen molar-refractivity contribution in [1.82, 2.24) is 19.6 Å². The van der Waals surface area contributed by atoms with Gasteiger partial charge in [0.1, 0.15) is 0 Å². The molecule has 0 atom stereocenters. The third-order valence-corrected chi connectivity index (χ3v) is 6.86. The molecule has 0 fully saturated rings. The summed E-state index contributed by atoms with van der Waals surface area (Å²) in [6.07, 6.45) is 4.04. The second kappa shape index (κ2) is 9.06. The Balaban J connectivity index is 0.00000306. The Morgan fingerprint density at radius 1 is 0.667 bits per heavy atom. The monoisotopic (exact) mass is 619 g/mol. The molecule has 4 nitrogen and oxygen atoms in total. The number of benzene rings is 2. The van der Waals surface area contributed by atoms with Crippen LogP contribution in [-0.2, 0) is 37.3 Å². The summed E-state index contributed by atoms with van der Waals surface area (Å²) in [5.41, 5.74) is 4.80. The summed E-state index contributed by atoms with van der Waals surface area (Å²) < 4.78 is 3.82. The van der Waals surface area contributed by atoms with Crippen LogP contribution in [0, 0.1) is 12.1 Å². The second-order valence-corrected chi connectivity index (χ2v) is 10.5. The molecule has 0 radical (unpaired) electrons. The fourth-order valence-corrected chi connectivity index (χ4v) is 3.80. The maximum Gasteiger partial charge on any atom is 2.00 e. The van der Waals surface area contributed by atoms with Crippen LogP contribution in [0.4, 0.5) is 0 Å². The summed E-state index contributed by atoms with van der Waals surface area (Å²) in [4.78, 5) is 0. The van der Waals surface area contributed by atoms with E-state index in [9.17, 15) is 0 Å². The molecule has 174 valence electrons. The first-order valence-electron chi connectivity index (χ1n) is 11.1. The van der Waals surface area contributed by atoms with Crippen molar-refractivity contribution in [3.8, 4) is 11.4 Å². The molecule has 0 N–H and O–H groups in total. The van der Waals surface area contributed by atoms with Gasteiger partial charge >= 0.3 is 21.1 Å². The zero-order valence-electron chi connectivity index (χ0n) is 20.5. The van der Waals surface area contributed by atoms with Gasteiger partial charge in [-0.2, -0.15) is 58.2 Å². The topological polar surface area (TPSA) is 35.6 Å². The fraction of sp³-hybridized carbons (Fsp3) is 0.357. The Hall–Kier alpha value is -2.45. The fourth-order valence-electron chi connectivity index (χ4n) is 3.80. The molecule has 0 unspecified atom stereocenters. The summed E-state index contributed by atoms with van der Waals surface area (Å²) in [7, 11) is 0.